The fourth-order valence-electron chi connectivity index (χ4n) is 3.77. The van der Waals surface area contributed by atoms with E-state index in [1.165, 1.54) is 6.07 Å². The summed E-state index contributed by atoms with van der Waals surface area (Å²) < 4.78 is 15.8. The van der Waals surface area contributed by atoms with Crippen LogP contribution in [0.15, 0.2) is 60.8 Å². The number of nitrogens with zero attached hydrogens (tertiary/aromatic N) is 3. The lowest BCUT2D eigenvalue weighted by Gasteiger charge is -2.47. The average Bonchev–Trinajstić information content (AvgIpc) is 3.01. The number of hydrogen-bond acceptors (Lipinski definition) is 2. The lowest BCUT2D eigenvalue weighted by molar-refractivity contribution is 0.0414. The van der Waals surface area contributed by atoms with Crippen molar-refractivity contribution in [2.24, 2.45) is 7.05 Å². The number of aromatic nitrogens is 2. The molecule has 3 heterocycles. The van der Waals surface area contributed by atoms with Gasteiger partial charge in [0.15, 0.2) is 0 Å². The van der Waals surface area contributed by atoms with Crippen molar-refractivity contribution in [2.45, 2.75) is 18.8 Å². The molecule has 1 aliphatic heterocycles. The third-order valence-corrected chi connectivity index (χ3v) is 5.42. The zero-order valence-electron chi connectivity index (χ0n) is 15.5. The van der Waals surface area contributed by atoms with Crippen molar-refractivity contribution < 1.29 is 9.18 Å². The molecule has 0 saturated carbocycles. The molecule has 4 nitrogen and oxygen atoms in total. The van der Waals surface area contributed by atoms with Gasteiger partial charge >= 0.3 is 0 Å². The Labute approximate surface area is 158 Å². The molecule has 0 unspecified atom stereocenters. The second kappa shape index (κ2) is 6.65. The quantitative estimate of drug-likeness (QED) is 0.711. The maximum Gasteiger partial charge on any atom is 0.270 e. The topological polar surface area (TPSA) is 38.1 Å². The number of hydrogen-bond donors (Lipinski definition) is 0. The first-order valence-electron chi connectivity index (χ1n) is 9.07. The Morgan fingerprint density at radius 1 is 1.11 bits per heavy atom. The predicted molar refractivity (Wildman–Crippen MR) is 102 cm³/mol. The Kier molecular flexibility index (Phi) is 4.30. The number of amides is 1. The fraction of sp³-hybridized carbons (Fsp3) is 0.273. The average molecular weight is 363 g/mol. The van der Waals surface area contributed by atoms with E-state index in [-0.39, 0.29) is 17.1 Å². The molecule has 0 spiro atoms. The van der Waals surface area contributed by atoms with Gasteiger partial charge in [0.1, 0.15) is 11.5 Å². The van der Waals surface area contributed by atoms with Gasteiger partial charge in [0.25, 0.3) is 5.91 Å². The summed E-state index contributed by atoms with van der Waals surface area (Å²) in [4.78, 5) is 19.2. The van der Waals surface area contributed by atoms with Crippen molar-refractivity contribution >= 4 is 5.91 Å². The van der Waals surface area contributed by atoms with E-state index in [9.17, 15) is 9.18 Å². The fourth-order valence-corrected chi connectivity index (χ4v) is 3.77. The summed E-state index contributed by atoms with van der Waals surface area (Å²) in [5, 5.41) is 0. The van der Waals surface area contributed by atoms with Crippen molar-refractivity contribution in [1.82, 2.24) is 14.5 Å². The van der Waals surface area contributed by atoms with Crippen LogP contribution in [0.1, 0.15) is 34.4 Å². The normalized spacial score (nSPS) is 15.4. The molecule has 1 saturated heterocycles. The molecule has 27 heavy (non-hydrogen) atoms. The van der Waals surface area contributed by atoms with Crippen molar-refractivity contribution in [2.75, 3.05) is 13.1 Å². The maximum atomic E-state index is 13.9. The van der Waals surface area contributed by atoms with Gasteiger partial charge in [0, 0.05) is 49.6 Å². The molecule has 1 aliphatic rings. The Balaban J connectivity index is 1.48. The van der Waals surface area contributed by atoms with Crippen LogP contribution in [0.2, 0.25) is 0 Å². The molecule has 0 atom stereocenters. The molecule has 0 bridgehead atoms. The van der Waals surface area contributed by atoms with Gasteiger partial charge in [-0.1, -0.05) is 31.2 Å². The highest BCUT2D eigenvalue weighted by Crippen LogP contribution is 2.33. The van der Waals surface area contributed by atoms with E-state index >= 15 is 0 Å². The molecule has 1 fully saturated rings. The second-order valence-corrected chi connectivity index (χ2v) is 7.47. The van der Waals surface area contributed by atoms with E-state index in [0.717, 1.165) is 11.4 Å². The second-order valence-electron chi connectivity index (χ2n) is 7.47. The molecule has 0 radical (unpaired) electrons. The van der Waals surface area contributed by atoms with Crippen molar-refractivity contribution in [1.29, 1.82) is 0 Å². The first-order valence-corrected chi connectivity index (χ1v) is 9.07. The summed E-state index contributed by atoms with van der Waals surface area (Å²) in [6.45, 7) is 3.43. The smallest absolute Gasteiger partial charge is 0.270 e. The van der Waals surface area contributed by atoms with Crippen LogP contribution in [0.25, 0.3) is 0 Å². The van der Waals surface area contributed by atoms with E-state index < -0.39 is 0 Å². The number of halogens is 1. The van der Waals surface area contributed by atoms with Gasteiger partial charge in [-0.05, 0) is 35.9 Å². The molecular formula is C22H22FN3O. The lowest BCUT2D eigenvalue weighted by Crippen LogP contribution is -2.60. The van der Waals surface area contributed by atoms with Gasteiger partial charge in [-0.2, -0.15) is 0 Å². The third kappa shape index (κ3) is 3.14. The highest BCUT2D eigenvalue weighted by molar-refractivity contribution is 5.93. The molecule has 1 amide bonds. The van der Waals surface area contributed by atoms with Crippen LogP contribution >= 0.6 is 0 Å². The highest BCUT2D eigenvalue weighted by atomic mass is 19.1. The van der Waals surface area contributed by atoms with Crippen molar-refractivity contribution in [3.8, 4) is 0 Å². The highest BCUT2D eigenvalue weighted by Gasteiger charge is 2.44. The van der Waals surface area contributed by atoms with Crippen molar-refractivity contribution in [3.63, 3.8) is 0 Å². The van der Waals surface area contributed by atoms with Gasteiger partial charge in [-0.3, -0.25) is 9.78 Å². The standard InChI is InChI=1S/C22H22FN3O/c1-22(20-9-5-6-12-24-20)14-26(15-22)21(27)19-11-10-17(25(19)2)13-16-7-3-4-8-18(16)23/h3-12H,13-15H2,1-2H3. The van der Waals surface area contributed by atoms with E-state index in [1.807, 2.05) is 52.9 Å². The van der Waals surface area contributed by atoms with Crippen LogP contribution in [0.5, 0.6) is 0 Å². The summed E-state index contributed by atoms with van der Waals surface area (Å²) in [5.74, 6) is -0.217. The van der Waals surface area contributed by atoms with Gasteiger partial charge in [0.05, 0.1) is 0 Å². The minimum Gasteiger partial charge on any atom is -0.343 e. The predicted octanol–water partition coefficient (Wildman–Crippen LogP) is 3.56. The first-order chi connectivity index (χ1) is 13.0. The number of likely N-dealkylation sites (tertiary alicyclic amines) is 1. The van der Waals surface area contributed by atoms with E-state index in [4.69, 9.17) is 0 Å². The number of rotatable bonds is 4. The Hall–Kier alpha value is -2.95. The largest absolute Gasteiger partial charge is 0.343 e. The molecular weight excluding hydrogens is 341 g/mol. The summed E-state index contributed by atoms with van der Waals surface area (Å²) in [6, 6.07) is 16.4. The van der Waals surface area contributed by atoms with Gasteiger partial charge in [-0.15, -0.1) is 0 Å². The van der Waals surface area contributed by atoms with Gasteiger partial charge in [0.2, 0.25) is 0 Å². The zero-order valence-corrected chi connectivity index (χ0v) is 15.5. The van der Waals surface area contributed by atoms with E-state index in [0.29, 0.717) is 30.8 Å². The number of carbonyl (C=O) groups excluding carboxylic acids is 1. The minimum absolute atomic E-state index is 0.00527. The molecule has 4 rings (SSSR count). The summed E-state index contributed by atoms with van der Waals surface area (Å²) in [6.07, 6.45) is 2.25. The molecule has 5 heteroatoms. The maximum absolute atomic E-state index is 13.9. The lowest BCUT2D eigenvalue weighted by atomic mass is 9.78. The van der Waals surface area contributed by atoms with Gasteiger partial charge in [-0.25, -0.2) is 4.39 Å². The number of carbonyl (C=O) groups is 1. The van der Waals surface area contributed by atoms with E-state index in [1.54, 1.807) is 18.3 Å². The van der Waals surface area contributed by atoms with E-state index in [2.05, 4.69) is 11.9 Å². The molecule has 1 aromatic carbocycles. The molecule has 138 valence electrons. The first kappa shape index (κ1) is 17.5. The van der Waals surface area contributed by atoms with Crippen LogP contribution < -0.4 is 0 Å². The number of benzene rings is 1. The summed E-state index contributed by atoms with van der Waals surface area (Å²) in [7, 11) is 1.86. The van der Waals surface area contributed by atoms with Gasteiger partial charge < -0.3 is 9.47 Å². The van der Waals surface area contributed by atoms with Crippen LogP contribution in [-0.4, -0.2) is 33.4 Å². The molecule has 0 N–H and O–H groups in total. The monoisotopic (exact) mass is 363 g/mol. The van der Waals surface area contributed by atoms with Crippen molar-refractivity contribution in [3.05, 3.63) is 89.3 Å². The summed E-state index contributed by atoms with van der Waals surface area (Å²) in [5.41, 5.74) is 3.09. The zero-order chi connectivity index (χ0) is 19.0. The Morgan fingerprint density at radius 3 is 2.56 bits per heavy atom. The number of pyridine rings is 1. The third-order valence-electron chi connectivity index (χ3n) is 5.42. The SMILES string of the molecule is Cn1c(Cc2ccccc2F)ccc1C(=O)N1CC(C)(c2ccccn2)C1. The Bertz CT molecular complexity index is 974. The van der Waals surface area contributed by atoms with Crippen LogP contribution in [0.3, 0.4) is 0 Å². The van der Waals surface area contributed by atoms with Crippen LogP contribution in [0.4, 0.5) is 4.39 Å². The molecule has 3 aromatic rings. The molecule has 2 aromatic heterocycles. The van der Waals surface area contributed by atoms with Crippen LogP contribution in [-0.2, 0) is 18.9 Å². The molecule has 0 aliphatic carbocycles. The van der Waals surface area contributed by atoms with Crippen LogP contribution in [0, 0.1) is 5.82 Å². The summed E-state index contributed by atoms with van der Waals surface area (Å²) >= 11 is 0. The minimum atomic E-state index is -0.222. The Morgan fingerprint density at radius 2 is 1.85 bits per heavy atom.